The third-order valence-electron chi connectivity index (χ3n) is 2.78. The number of urea groups is 1. The number of aliphatic hydroxyl groups excluding tert-OH is 1. The number of nitrogens with zero attached hydrogens (tertiary/aromatic N) is 1. The Morgan fingerprint density at radius 2 is 1.75 bits per heavy atom. The summed E-state index contributed by atoms with van der Waals surface area (Å²) in [6.45, 7) is 6.41. The van der Waals surface area contributed by atoms with Crippen molar-refractivity contribution in [3.63, 3.8) is 0 Å². The summed E-state index contributed by atoms with van der Waals surface area (Å²) in [5.41, 5.74) is 0. The lowest BCUT2D eigenvalue weighted by atomic mass is 10.2. The van der Waals surface area contributed by atoms with Crippen LogP contribution < -0.4 is 10.6 Å². The Kier molecular flexibility index (Phi) is 8.30. The maximum absolute atomic E-state index is 11.9. The van der Waals surface area contributed by atoms with E-state index in [0.29, 0.717) is 13.1 Å². The zero-order valence-electron chi connectivity index (χ0n) is 12.0. The third kappa shape index (κ3) is 6.37. The zero-order chi connectivity index (χ0) is 15.7. The average Bonchev–Trinajstić information content (AvgIpc) is 2.39. The van der Waals surface area contributed by atoms with E-state index in [1.807, 2.05) is 13.8 Å². The summed E-state index contributed by atoms with van der Waals surface area (Å²) < 4.78 is 0. The Bertz CT molecular complexity index is 344. The molecule has 0 spiro atoms. The fraction of sp³-hybridized carbons (Fsp3) is 0.750. The summed E-state index contributed by atoms with van der Waals surface area (Å²) in [6.07, 6.45) is -1.61. The predicted octanol–water partition coefficient (Wildman–Crippen LogP) is -0.622. The van der Waals surface area contributed by atoms with Crippen LogP contribution in [0.4, 0.5) is 4.79 Å². The molecule has 0 saturated heterocycles. The van der Waals surface area contributed by atoms with Gasteiger partial charge in [0.15, 0.2) is 6.10 Å². The summed E-state index contributed by atoms with van der Waals surface area (Å²) in [4.78, 5) is 35.3. The van der Waals surface area contributed by atoms with Gasteiger partial charge in [-0.1, -0.05) is 0 Å². The van der Waals surface area contributed by atoms with Crippen LogP contribution in [-0.4, -0.2) is 64.8 Å². The third-order valence-corrected chi connectivity index (χ3v) is 2.78. The molecule has 20 heavy (non-hydrogen) atoms. The van der Waals surface area contributed by atoms with Crippen molar-refractivity contribution in [2.45, 2.75) is 39.3 Å². The molecule has 116 valence electrons. The number of likely N-dealkylation sites (N-methyl/N-ethyl adjacent to an activating group) is 1. The highest BCUT2D eigenvalue weighted by atomic mass is 16.4. The minimum absolute atomic E-state index is 0.00544. The maximum Gasteiger partial charge on any atom is 0.332 e. The van der Waals surface area contributed by atoms with Gasteiger partial charge in [-0.2, -0.15) is 0 Å². The number of aliphatic carboxylic acids is 1. The van der Waals surface area contributed by atoms with E-state index in [1.54, 1.807) is 11.8 Å². The Morgan fingerprint density at radius 1 is 1.20 bits per heavy atom. The van der Waals surface area contributed by atoms with Crippen molar-refractivity contribution in [3.8, 4) is 0 Å². The molecule has 0 aliphatic heterocycles. The summed E-state index contributed by atoms with van der Waals surface area (Å²) in [6, 6.07) is -1.24. The second-order valence-electron chi connectivity index (χ2n) is 4.28. The molecule has 0 aliphatic rings. The van der Waals surface area contributed by atoms with Crippen molar-refractivity contribution >= 4 is 17.9 Å². The summed E-state index contributed by atoms with van der Waals surface area (Å²) >= 11 is 0. The SMILES string of the molecule is CCN(CC)C(=O)C(C)NC(=O)NCCC(O)C(=O)O. The highest BCUT2D eigenvalue weighted by molar-refractivity contribution is 5.86. The smallest absolute Gasteiger partial charge is 0.332 e. The molecular formula is C12H23N3O5. The Labute approximate surface area is 118 Å². The van der Waals surface area contributed by atoms with Crippen LogP contribution in [0.2, 0.25) is 0 Å². The van der Waals surface area contributed by atoms with Crippen LogP contribution in [0, 0.1) is 0 Å². The van der Waals surface area contributed by atoms with Gasteiger partial charge in [-0.25, -0.2) is 9.59 Å². The fourth-order valence-electron chi connectivity index (χ4n) is 1.56. The quantitative estimate of drug-likeness (QED) is 0.475. The van der Waals surface area contributed by atoms with Gasteiger partial charge in [0.1, 0.15) is 6.04 Å². The summed E-state index contributed by atoms with van der Waals surface area (Å²) in [5, 5.41) is 22.3. The number of nitrogens with one attached hydrogen (secondary N) is 2. The van der Waals surface area contributed by atoms with Gasteiger partial charge in [0, 0.05) is 26.1 Å². The summed E-state index contributed by atoms with van der Waals surface area (Å²) in [7, 11) is 0. The number of hydrogen-bond acceptors (Lipinski definition) is 4. The van der Waals surface area contributed by atoms with Crippen LogP contribution in [0.3, 0.4) is 0 Å². The van der Waals surface area contributed by atoms with Gasteiger partial charge >= 0.3 is 12.0 Å². The molecule has 0 aromatic rings. The number of amides is 3. The molecule has 8 heteroatoms. The van der Waals surface area contributed by atoms with Crippen molar-refractivity contribution < 1.29 is 24.6 Å². The van der Waals surface area contributed by atoms with Gasteiger partial charge in [-0.05, 0) is 20.8 Å². The van der Waals surface area contributed by atoms with E-state index in [1.165, 1.54) is 0 Å². The highest BCUT2D eigenvalue weighted by Gasteiger charge is 2.20. The molecule has 0 aromatic carbocycles. The van der Waals surface area contributed by atoms with Crippen molar-refractivity contribution in [3.05, 3.63) is 0 Å². The Morgan fingerprint density at radius 3 is 2.20 bits per heavy atom. The van der Waals surface area contributed by atoms with Crippen molar-refractivity contribution in [1.82, 2.24) is 15.5 Å². The Hall–Kier alpha value is -1.83. The molecule has 4 N–H and O–H groups in total. The minimum Gasteiger partial charge on any atom is -0.479 e. The van der Waals surface area contributed by atoms with Gasteiger partial charge in [0.2, 0.25) is 5.91 Å². The van der Waals surface area contributed by atoms with E-state index in [0.717, 1.165) is 0 Å². The van der Waals surface area contributed by atoms with Crippen molar-refractivity contribution in [2.75, 3.05) is 19.6 Å². The Balaban J connectivity index is 4.08. The number of carboxylic acid groups (broad SMARTS) is 1. The van der Waals surface area contributed by atoms with Gasteiger partial charge in [-0.15, -0.1) is 0 Å². The van der Waals surface area contributed by atoms with E-state index in [2.05, 4.69) is 10.6 Å². The first-order valence-electron chi connectivity index (χ1n) is 6.57. The van der Waals surface area contributed by atoms with E-state index >= 15 is 0 Å². The first-order chi connectivity index (χ1) is 9.33. The number of hydrogen-bond donors (Lipinski definition) is 4. The second-order valence-corrected chi connectivity index (χ2v) is 4.28. The number of carbonyl (C=O) groups is 3. The number of carboxylic acids is 1. The molecule has 0 rings (SSSR count). The van der Waals surface area contributed by atoms with Crippen LogP contribution >= 0.6 is 0 Å². The van der Waals surface area contributed by atoms with Crippen LogP contribution in [0.25, 0.3) is 0 Å². The monoisotopic (exact) mass is 289 g/mol. The lowest BCUT2D eigenvalue weighted by molar-refractivity contribution is -0.146. The van der Waals surface area contributed by atoms with Gasteiger partial charge < -0.3 is 25.7 Å². The predicted molar refractivity (Wildman–Crippen MR) is 72.2 cm³/mol. The number of carbonyl (C=O) groups excluding carboxylic acids is 2. The molecule has 0 saturated carbocycles. The van der Waals surface area contributed by atoms with Crippen LogP contribution in [-0.2, 0) is 9.59 Å². The molecule has 2 atom stereocenters. The lowest BCUT2D eigenvalue weighted by Gasteiger charge is -2.23. The summed E-state index contributed by atoms with van der Waals surface area (Å²) in [5.74, 6) is -1.52. The first-order valence-corrected chi connectivity index (χ1v) is 6.57. The molecule has 0 bridgehead atoms. The van der Waals surface area contributed by atoms with Crippen LogP contribution in [0.15, 0.2) is 0 Å². The molecule has 3 amide bonds. The van der Waals surface area contributed by atoms with Gasteiger partial charge in [-0.3, -0.25) is 4.79 Å². The van der Waals surface area contributed by atoms with Crippen molar-refractivity contribution in [2.24, 2.45) is 0 Å². The van der Waals surface area contributed by atoms with E-state index in [-0.39, 0.29) is 18.9 Å². The molecule has 0 fully saturated rings. The lowest BCUT2D eigenvalue weighted by Crippen LogP contribution is -2.50. The zero-order valence-corrected chi connectivity index (χ0v) is 12.0. The first kappa shape index (κ1) is 18.2. The molecular weight excluding hydrogens is 266 g/mol. The van der Waals surface area contributed by atoms with E-state index < -0.39 is 24.1 Å². The number of aliphatic hydroxyl groups is 1. The van der Waals surface area contributed by atoms with Crippen LogP contribution in [0.5, 0.6) is 0 Å². The molecule has 0 heterocycles. The van der Waals surface area contributed by atoms with Gasteiger partial charge in [0.25, 0.3) is 0 Å². The molecule has 0 radical (unpaired) electrons. The molecule has 0 aromatic heterocycles. The van der Waals surface area contributed by atoms with Gasteiger partial charge in [0.05, 0.1) is 0 Å². The van der Waals surface area contributed by atoms with E-state index in [9.17, 15) is 14.4 Å². The van der Waals surface area contributed by atoms with E-state index in [4.69, 9.17) is 10.2 Å². The normalized spacial score (nSPS) is 13.2. The topological polar surface area (TPSA) is 119 Å². The second kappa shape index (κ2) is 9.13. The highest BCUT2D eigenvalue weighted by Crippen LogP contribution is 1.95. The molecule has 0 aliphatic carbocycles. The minimum atomic E-state index is -1.51. The van der Waals surface area contributed by atoms with Crippen LogP contribution in [0.1, 0.15) is 27.2 Å². The molecule has 8 nitrogen and oxygen atoms in total. The average molecular weight is 289 g/mol. The number of rotatable bonds is 8. The standard InChI is InChI=1S/C12H23N3O5/c1-4-15(5-2)10(17)8(3)14-12(20)13-7-6-9(16)11(18)19/h8-9,16H,4-7H2,1-3H3,(H,18,19)(H2,13,14,20). The molecule has 2 unspecified atom stereocenters. The maximum atomic E-state index is 11.9. The fourth-order valence-corrected chi connectivity index (χ4v) is 1.56. The van der Waals surface area contributed by atoms with Crippen molar-refractivity contribution in [1.29, 1.82) is 0 Å². The largest absolute Gasteiger partial charge is 0.479 e.